The van der Waals surface area contributed by atoms with Crippen LogP contribution >= 0.6 is 11.8 Å². The number of carbonyl (C=O) groups is 1. The highest BCUT2D eigenvalue weighted by molar-refractivity contribution is 7.99. The zero-order valence-corrected chi connectivity index (χ0v) is 26.8. The summed E-state index contributed by atoms with van der Waals surface area (Å²) in [5.41, 5.74) is -4.66. The Morgan fingerprint density at radius 2 is 1.25 bits per heavy atom. The summed E-state index contributed by atoms with van der Waals surface area (Å²) < 4.78 is 91.7. The number of carbonyl (C=O) groups excluding carboxylic acids is 1. The maximum Gasteiger partial charge on any atom is 0.416 e. The van der Waals surface area contributed by atoms with Gasteiger partial charge in [-0.05, 0) is 86.9 Å². The van der Waals surface area contributed by atoms with E-state index in [0.29, 0.717) is 18.2 Å². The van der Waals surface area contributed by atoms with Crippen molar-refractivity contribution < 1.29 is 35.5 Å². The van der Waals surface area contributed by atoms with Crippen LogP contribution in [0.25, 0.3) is 0 Å². The van der Waals surface area contributed by atoms with Crippen LogP contribution in [0.5, 0.6) is 0 Å². The topological polar surface area (TPSA) is 23.6 Å². The van der Waals surface area contributed by atoms with E-state index in [1.165, 1.54) is 30.9 Å². The second-order valence-corrected chi connectivity index (χ2v) is 12.0. The van der Waals surface area contributed by atoms with Crippen LogP contribution in [-0.4, -0.2) is 59.4 Å². The van der Waals surface area contributed by atoms with Crippen molar-refractivity contribution in [1.82, 2.24) is 9.80 Å². The molecule has 4 rings (SSSR count). The summed E-state index contributed by atoms with van der Waals surface area (Å²) in [7, 11) is 1.60. The van der Waals surface area contributed by atoms with E-state index in [-0.39, 0.29) is 23.5 Å². The monoisotopic (exact) mass is 648 g/mol. The van der Waals surface area contributed by atoms with Crippen molar-refractivity contribution in [2.45, 2.75) is 83.2 Å². The lowest BCUT2D eigenvalue weighted by atomic mass is 9.80. The lowest BCUT2D eigenvalue weighted by molar-refractivity contribution is -0.144. The molecule has 246 valence electrons. The summed E-state index contributed by atoms with van der Waals surface area (Å²) in [5, 5.41) is 0. The zero-order chi connectivity index (χ0) is 33.7. The van der Waals surface area contributed by atoms with E-state index in [4.69, 9.17) is 0 Å². The molecule has 0 spiro atoms. The zero-order valence-electron chi connectivity index (χ0n) is 25.9. The predicted molar refractivity (Wildman–Crippen MR) is 165 cm³/mol. The molecule has 44 heavy (non-hydrogen) atoms. The minimum Gasteiger partial charge on any atom is -0.342 e. The molecule has 2 aliphatic heterocycles. The smallest absolute Gasteiger partial charge is 0.342 e. The van der Waals surface area contributed by atoms with Crippen LogP contribution in [0.3, 0.4) is 0 Å². The van der Waals surface area contributed by atoms with Gasteiger partial charge in [0.2, 0.25) is 5.91 Å². The van der Waals surface area contributed by atoms with Crippen molar-refractivity contribution in [3.05, 3.63) is 71.0 Å². The van der Waals surface area contributed by atoms with E-state index in [0.717, 1.165) is 50.3 Å². The number of hydrogen-bond acceptors (Lipinski definition) is 3. The number of piperidine rings is 1. The maximum atomic E-state index is 13.3. The minimum atomic E-state index is -4.95. The normalized spacial score (nSPS) is 16.7. The first kappa shape index (κ1) is 39.3. The number of halogens is 7. The predicted octanol–water partition coefficient (Wildman–Crippen LogP) is 8.92. The maximum absolute atomic E-state index is 13.3. The summed E-state index contributed by atoms with van der Waals surface area (Å²) in [6.07, 6.45) is 1.86. The molecule has 2 heterocycles. The standard InChI is InChI=1S/C23H30F6N2OS.C6H5F.C2H6.C2H2/c1-21(2,15-12-16(22(24,25)26)14-17(13-15)23(27,28)29)20(32)30(3)18-4-8-31(9-5-18)19-6-10-33-11-7-19;7-6-4-2-1-3-5-6;2*1-2/h12-14,18-19H,4-11H2,1-3H3;1-5H;1-2H3;1-2H. The Morgan fingerprint density at radius 1 is 0.818 bits per heavy atom. The number of nitrogens with zero attached hydrogens (tertiary/aromatic N) is 2. The van der Waals surface area contributed by atoms with Crippen LogP contribution in [0.1, 0.15) is 70.1 Å². The van der Waals surface area contributed by atoms with Gasteiger partial charge in [-0.15, -0.1) is 12.8 Å². The van der Waals surface area contributed by atoms with Crippen molar-refractivity contribution in [1.29, 1.82) is 0 Å². The molecule has 0 aliphatic carbocycles. The molecule has 0 saturated carbocycles. The molecule has 11 heteroatoms. The third-order valence-corrected chi connectivity index (χ3v) is 8.70. The van der Waals surface area contributed by atoms with E-state index < -0.39 is 34.8 Å². The fourth-order valence-corrected chi connectivity index (χ4v) is 6.23. The summed E-state index contributed by atoms with van der Waals surface area (Å²) in [6, 6.07) is 9.80. The van der Waals surface area contributed by atoms with Gasteiger partial charge in [-0.1, -0.05) is 32.0 Å². The molecule has 0 unspecified atom stereocenters. The van der Waals surface area contributed by atoms with Crippen LogP contribution in [0.15, 0.2) is 48.5 Å². The van der Waals surface area contributed by atoms with Crippen molar-refractivity contribution >= 4 is 17.7 Å². The molecular weight excluding hydrogens is 605 g/mol. The van der Waals surface area contributed by atoms with Crippen molar-refractivity contribution in [3.8, 4) is 12.8 Å². The Morgan fingerprint density at radius 3 is 1.64 bits per heavy atom. The summed E-state index contributed by atoms with van der Waals surface area (Å²) in [5.74, 6) is 1.63. The van der Waals surface area contributed by atoms with E-state index in [1.807, 2.05) is 25.6 Å². The Bertz CT molecular complexity index is 1120. The first-order valence-electron chi connectivity index (χ1n) is 14.5. The second kappa shape index (κ2) is 17.7. The van der Waals surface area contributed by atoms with Crippen LogP contribution < -0.4 is 0 Å². The van der Waals surface area contributed by atoms with Crippen molar-refractivity contribution in [2.24, 2.45) is 0 Å². The number of hydrogen-bond donors (Lipinski definition) is 0. The lowest BCUT2D eigenvalue weighted by Crippen LogP contribution is -2.52. The van der Waals surface area contributed by atoms with Crippen LogP contribution in [-0.2, 0) is 22.6 Å². The van der Waals surface area contributed by atoms with Gasteiger partial charge in [-0.25, -0.2) is 4.39 Å². The molecule has 2 aliphatic rings. The van der Waals surface area contributed by atoms with Gasteiger partial charge in [-0.2, -0.15) is 38.1 Å². The third-order valence-electron chi connectivity index (χ3n) is 7.65. The van der Waals surface area contributed by atoms with Gasteiger partial charge in [0.1, 0.15) is 5.82 Å². The van der Waals surface area contributed by atoms with E-state index in [9.17, 15) is 35.5 Å². The number of likely N-dealkylation sites (N-methyl/N-ethyl adjacent to an activating group) is 1. The Kier molecular flexibility index (Phi) is 15.8. The molecular formula is C33H43F7N2OS. The number of likely N-dealkylation sites (tertiary alicyclic amines) is 1. The van der Waals surface area contributed by atoms with Gasteiger partial charge in [0.25, 0.3) is 0 Å². The number of amides is 1. The highest BCUT2D eigenvalue weighted by Gasteiger charge is 2.42. The average molecular weight is 649 g/mol. The van der Waals surface area contributed by atoms with Gasteiger partial charge in [-0.3, -0.25) is 4.79 Å². The van der Waals surface area contributed by atoms with Gasteiger partial charge in [0.05, 0.1) is 16.5 Å². The second-order valence-electron chi connectivity index (χ2n) is 10.7. The highest BCUT2D eigenvalue weighted by atomic mass is 32.2. The summed E-state index contributed by atoms with van der Waals surface area (Å²) in [4.78, 5) is 17.3. The van der Waals surface area contributed by atoms with E-state index in [2.05, 4.69) is 17.7 Å². The Hall–Kier alpha value is -2.71. The molecule has 0 N–H and O–H groups in total. The van der Waals surface area contributed by atoms with Crippen LogP contribution in [0.2, 0.25) is 0 Å². The summed E-state index contributed by atoms with van der Waals surface area (Å²) >= 11 is 1.96. The number of rotatable bonds is 4. The number of alkyl halides is 6. The first-order valence-corrected chi connectivity index (χ1v) is 15.7. The fraction of sp³-hybridized carbons (Fsp3) is 0.545. The molecule has 2 saturated heterocycles. The molecule has 2 aromatic carbocycles. The minimum absolute atomic E-state index is 0.0905. The van der Waals surface area contributed by atoms with Crippen LogP contribution in [0.4, 0.5) is 30.7 Å². The lowest BCUT2D eigenvalue weighted by Gasteiger charge is -2.43. The molecule has 1 amide bonds. The molecule has 0 aromatic heterocycles. The number of thioether (sulfide) groups is 1. The van der Waals surface area contributed by atoms with E-state index >= 15 is 0 Å². The average Bonchev–Trinajstić information content (AvgIpc) is 3.02. The SMILES string of the molecule is C#C.CC.CN(C(=O)C(C)(C)c1cc(C(F)(F)F)cc(C(F)(F)F)c1)C1CCN(C2CCSCC2)CC1.Fc1ccccc1. The largest absolute Gasteiger partial charge is 0.416 e. The van der Waals surface area contributed by atoms with Gasteiger partial charge >= 0.3 is 12.4 Å². The molecule has 3 nitrogen and oxygen atoms in total. The third kappa shape index (κ3) is 11.3. The molecule has 0 bridgehead atoms. The molecule has 0 radical (unpaired) electrons. The van der Waals surface area contributed by atoms with Crippen molar-refractivity contribution in [3.63, 3.8) is 0 Å². The van der Waals surface area contributed by atoms with Gasteiger partial charge in [0, 0.05) is 32.2 Å². The Balaban J connectivity index is 0.000000752. The van der Waals surface area contributed by atoms with Crippen LogP contribution in [0, 0.1) is 18.7 Å². The molecule has 2 fully saturated rings. The summed E-state index contributed by atoms with van der Waals surface area (Å²) in [6.45, 7) is 8.44. The fourth-order valence-electron chi connectivity index (χ4n) is 5.15. The molecule has 0 atom stereocenters. The highest BCUT2D eigenvalue weighted by Crippen LogP contribution is 2.39. The number of benzene rings is 2. The quantitative estimate of drug-likeness (QED) is 0.244. The van der Waals surface area contributed by atoms with Gasteiger partial charge < -0.3 is 9.80 Å². The van der Waals surface area contributed by atoms with Gasteiger partial charge in [0.15, 0.2) is 0 Å². The molecule has 2 aromatic rings. The van der Waals surface area contributed by atoms with E-state index in [1.54, 1.807) is 25.2 Å². The number of terminal acetylenes is 1. The van der Waals surface area contributed by atoms with Crippen molar-refractivity contribution in [2.75, 3.05) is 31.6 Å². The first-order chi connectivity index (χ1) is 20.6. The Labute approximate surface area is 261 Å².